The number of hydrogen-bond acceptors (Lipinski definition) is 0. The predicted octanol–water partition coefficient (Wildman–Crippen LogP) is 4.41. The summed E-state index contributed by atoms with van der Waals surface area (Å²) in [6, 6.07) is 22.8. The first-order valence-corrected chi connectivity index (χ1v) is 6.44. The van der Waals surface area contributed by atoms with Gasteiger partial charge in [0.05, 0.1) is 0 Å². The molecule has 3 aromatic rings. The van der Waals surface area contributed by atoms with Crippen LogP contribution in [0.5, 0.6) is 0 Å². The van der Waals surface area contributed by atoms with E-state index in [0.717, 1.165) is 0 Å². The largest absolute Gasteiger partial charge is 0.0616 e. The first kappa shape index (κ1) is 9.90. The molecule has 18 heavy (non-hydrogen) atoms. The molecule has 0 aliphatic heterocycles. The van der Waals surface area contributed by atoms with Crippen LogP contribution in [0.1, 0.15) is 11.1 Å². The Kier molecular flexibility index (Phi) is 2.04. The molecule has 1 aliphatic rings. The van der Waals surface area contributed by atoms with Gasteiger partial charge in [-0.2, -0.15) is 0 Å². The first-order valence-electron chi connectivity index (χ1n) is 6.44. The van der Waals surface area contributed by atoms with Gasteiger partial charge in [-0.25, -0.2) is 0 Å². The average Bonchev–Trinajstić information content (AvgIpc) is 2.86. The second kappa shape index (κ2) is 3.71. The molecule has 0 aromatic heterocycles. The minimum absolute atomic E-state index is 1.19. The Morgan fingerprint density at radius 3 is 2.50 bits per heavy atom. The Morgan fingerprint density at radius 1 is 0.778 bits per heavy atom. The molecule has 0 heterocycles. The second-order valence-electron chi connectivity index (χ2n) is 4.89. The fourth-order valence-electron chi connectivity index (χ4n) is 3.04. The molecule has 0 N–H and O–H groups in total. The van der Waals surface area contributed by atoms with Gasteiger partial charge in [-0.3, -0.25) is 0 Å². The Hall–Kier alpha value is -2.08. The first-order chi connectivity index (χ1) is 8.93. The van der Waals surface area contributed by atoms with E-state index in [1.807, 2.05) is 12.1 Å². The van der Waals surface area contributed by atoms with Gasteiger partial charge in [-0.1, -0.05) is 54.6 Å². The van der Waals surface area contributed by atoms with Crippen LogP contribution in [0.3, 0.4) is 0 Å². The van der Waals surface area contributed by atoms with E-state index in [9.17, 15) is 0 Å². The summed E-state index contributed by atoms with van der Waals surface area (Å²) >= 11 is 0. The third-order valence-corrected chi connectivity index (χ3v) is 3.88. The van der Waals surface area contributed by atoms with E-state index < -0.39 is 0 Å². The standard InChI is InChI=1S/C18H13/c1-2-5-13(6-3-1)16-12-11-15-10-9-14-7-4-8-17(16)18(14)15/h1-5,7-8,11-12H,9-10H2. The van der Waals surface area contributed by atoms with Crippen LogP contribution in [0.4, 0.5) is 0 Å². The maximum absolute atomic E-state index is 3.34. The van der Waals surface area contributed by atoms with E-state index in [-0.39, 0.29) is 0 Å². The maximum atomic E-state index is 3.34. The van der Waals surface area contributed by atoms with E-state index in [1.165, 1.54) is 45.9 Å². The number of hydrogen-bond donors (Lipinski definition) is 0. The van der Waals surface area contributed by atoms with Crippen LogP contribution in [0.25, 0.3) is 21.9 Å². The van der Waals surface area contributed by atoms with Crippen LogP contribution in [0.2, 0.25) is 0 Å². The summed E-state index contributed by atoms with van der Waals surface area (Å²) in [5.41, 5.74) is 5.49. The Bertz CT molecular complexity index is 713. The predicted molar refractivity (Wildman–Crippen MR) is 75.6 cm³/mol. The number of rotatable bonds is 1. The van der Waals surface area contributed by atoms with Crippen molar-refractivity contribution in [3.05, 3.63) is 71.8 Å². The molecule has 0 saturated carbocycles. The van der Waals surface area contributed by atoms with Crippen molar-refractivity contribution in [3.8, 4) is 11.1 Å². The van der Waals surface area contributed by atoms with Crippen molar-refractivity contribution < 1.29 is 0 Å². The smallest absolute Gasteiger partial charge is 0.00989 e. The van der Waals surface area contributed by atoms with Crippen molar-refractivity contribution in [1.82, 2.24) is 0 Å². The van der Waals surface area contributed by atoms with Gasteiger partial charge < -0.3 is 0 Å². The summed E-state index contributed by atoms with van der Waals surface area (Å²) in [6.07, 6.45) is 2.38. The highest BCUT2D eigenvalue weighted by atomic mass is 14.2. The van der Waals surface area contributed by atoms with E-state index in [2.05, 4.69) is 48.5 Å². The minimum atomic E-state index is 1.19. The van der Waals surface area contributed by atoms with Gasteiger partial charge in [-0.05, 0) is 51.9 Å². The van der Waals surface area contributed by atoms with E-state index in [1.54, 1.807) is 0 Å². The van der Waals surface area contributed by atoms with E-state index in [4.69, 9.17) is 0 Å². The highest BCUT2D eigenvalue weighted by molar-refractivity contribution is 6.01. The summed E-state index contributed by atoms with van der Waals surface area (Å²) in [5, 5.41) is 2.86. The van der Waals surface area contributed by atoms with Crippen molar-refractivity contribution in [2.75, 3.05) is 0 Å². The van der Waals surface area contributed by atoms with E-state index in [0.29, 0.717) is 0 Å². The fraction of sp³-hybridized carbons (Fsp3) is 0.111. The molecule has 0 nitrogen and oxygen atoms in total. The highest BCUT2D eigenvalue weighted by Crippen LogP contribution is 2.36. The molecule has 0 spiro atoms. The molecule has 1 radical (unpaired) electrons. The summed E-state index contributed by atoms with van der Waals surface area (Å²) in [7, 11) is 0. The van der Waals surface area contributed by atoms with Gasteiger partial charge in [0, 0.05) is 0 Å². The molecule has 0 heteroatoms. The summed E-state index contributed by atoms with van der Waals surface area (Å²) in [6.45, 7) is 0. The molecular formula is C18H13. The van der Waals surface area contributed by atoms with Crippen molar-refractivity contribution in [1.29, 1.82) is 0 Å². The lowest BCUT2D eigenvalue weighted by molar-refractivity contribution is 1.02. The number of benzene rings is 3. The fourth-order valence-corrected chi connectivity index (χ4v) is 3.04. The molecule has 0 atom stereocenters. The third kappa shape index (κ3) is 1.32. The SMILES string of the molecule is [c]1ccccc1-c1ccc2c3c(cccc13)CC2. The zero-order valence-electron chi connectivity index (χ0n) is 10.1. The lowest BCUT2D eigenvalue weighted by Gasteiger charge is -2.08. The quantitative estimate of drug-likeness (QED) is 0.580. The zero-order chi connectivity index (χ0) is 11.9. The number of aryl methyl sites for hydroxylation is 2. The summed E-state index contributed by atoms with van der Waals surface area (Å²) in [4.78, 5) is 0. The van der Waals surface area contributed by atoms with Gasteiger partial charge >= 0.3 is 0 Å². The van der Waals surface area contributed by atoms with Crippen LogP contribution < -0.4 is 0 Å². The molecule has 3 aromatic carbocycles. The van der Waals surface area contributed by atoms with Crippen LogP contribution in [-0.2, 0) is 12.8 Å². The average molecular weight is 229 g/mol. The maximum Gasteiger partial charge on any atom is -0.00989 e. The molecule has 0 saturated heterocycles. The van der Waals surface area contributed by atoms with Crippen LogP contribution in [0, 0.1) is 6.07 Å². The zero-order valence-corrected chi connectivity index (χ0v) is 10.1. The van der Waals surface area contributed by atoms with Crippen LogP contribution in [0.15, 0.2) is 54.6 Å². The second-order valence-corrected chi connectivity index (χ2v) is 4.89. The van der Waals surface area contributed by atoms with Gasteiger partial charge in [0.2, 0.25) is 0 Å². The van der Waals surface area contributed by atoms with Crippen molar-refractivity contribution >= 4 is 10.8 Å². The normalized spacial score (nSPS) is 13.1. The van der Waals surface area contributed by atoms with Crippen molar-refractivity contribution in [2.24, 2.45) is 0 Å². The molecule has 85 valence electrons. The van der Waals surface area contributed by atoms with Gasteiger partial charge in [0.25, 0.3) is 0 Å². The van der Waals surface area contributed by atoms with Crippen molar-refractivity contribution in [3.63, 3.8) is 0 Å². The monoisotopic (exact) mass is 229 g/mol. The van der Waals surface area contributed by atoms with Gasteiger partial charge in [0.1, 0.15) is 0 Å². The molecule has 4 rings (SSSR count). The van der Waals surface area contributed by atoms with Crippen LogP contribution >= 0.6 is 0 Å². The van der Waals surface area contributed by atoms with Gasteiger partial charge in [0.15, 0.2) is 0 Å². The molecule has 0 amide bonds. The molecule has 0 unspecified atom stereocenters. The molecule has 1 aliphatic carbocycles. The van der Waals surface area contributed by atoms with E-state index >= 15 is 0 Å². The molecule has 0 fully saturated rings. The Morgan fingerprint density at radius 2 is 1.67 bits per heavy atom. The minimum Gasteiger partial charge on any atom is -0.0616 e. The van der Waals surface area contributed by atoms with Gasteiger partial charge in [-0.15, -0.1) is 0 Å². The Balaban J connectivity index is 2.10. The lowest BCUT2D eigenvalue weighted by atomic mass is 9.95. The van der Waals surface area contributed by atoms with Crippen LogP contribution in [-0.4, -0.2) is 0 Å². The Labute approximate surface area is 107 Å². The highest BCUT2D eigenvalue weighted by Gasteiger charge is 2.15. The summed E-state index contributed by atoms with van der Waals surface area (Å²) < 4.78 is 0. The molecular weight excluding hydrogens is 216 g/mol. The topological polar surface area (TPSA) is 0 Å². The third-order valence-electron chi connectivity index (χ3n) is 3.88. The molecule has 0 bridgehead atoms. The summed E-state index contributed by atoms with van der Waals surface area (Å²) in [5.74, 6) is 0. The lowest BCUT2D eigenvalue weighted by Crippen LogP contribution is -1.84. The van der Waals surface area contributed by atoms with Crippen molar-refractivity contribution in [2.45, 2.75) is 12.8 Å².